The van der Waals surface area contributed by atoms with E-state index in [1.165, 1.54) is 11.9 Å². The van der Waals surface area contributed by atoms with E-state index in [2.05, 4.69) is 128 Å². The second kappa shape index (κ2) is 46.9. The zero-order valence-electron chi connectivity index (χ0n) is 84.2. The number of nitrogens with one attached hydrogen (secondary N) is 2. The van der Waals surface area contributed by atoms with Crippen molar-refractivity contribution < 1.29 is 66.6 Å². The van der Waals surface area contributed by atoms with Crippen LogP contribution in [0.5, 0.6) is 35.5 Å². The van der Waals surface area contributed by atoms with Crippen molar-refractivity contribution in [1.82, 2.24) is 105 Å². The number of halogens is 1. The molecular weight excluding hydrogens is 1880 g/mol. The van der Waals surface area contributed by atoms with Gasteiger partial charge in [0.25, 0.3) is 23.6 Å². The van der Waals surface area contributed by atoms with Gasteiger partial charge < -0.3 is 101 Å². The predicted octanol–water partition coefficient (Wildman–Crippen LogP) is 8.88. The maximum absolute atomic E-state index is 13.9. The number of rotatable bonds is 37. The number of aromatic nitrogens is 18. The monoisotopic (exact) mass is 2020 g/mol. The van der Waals surface area contributed by atoms with Crippen molar-refractivity contribution in [2.45, 2.75) is 199 Å². The fourth-order valence-corrected chi connectivity index (χ4v) is 18.2. The lowest BCUT2D eigenvalue weighted by molar-refractivity contribution is 0.0641. The van der Waals surface area contributed by atoms with Crippen LogP contribution in [0.3, 0.4) is 0 Å². The molecule has 6 atom stereocenters. The number of carbonyl (C=O) groups is 5. The van der Waals surface area contributed by atoms with E-state index in [4.69, 9.17) is 73.9 Å². The fraction of sp³-hybridized carbons (Fsp3) is 0.563. The number of ketones is 1. The number of aliphatic hydroxyl groups is 1. The fourth-order valence-electron chi connectivity index (χ4n) is 18.2. The van der Waals surface area contributed by atoms with Crippen LogP contribution in [0, 0.1) is 71.0 Å². The summed E-state index contributed by atoms with van der Waals surface area (Å²) >= 11 is 0. The highest BCUT2D eigenvalue weighted by Crippen LogP contribution is 2.48. The zero-order valence-corrected chi connectivity index (χ0v) is 84.2. The summed E-state index contributed by atoms with van der Waals surface area (Å²) in [5.41, 5.74) is 28.0. The van der Waals surface area contributed by atoms with Crippen LogP contribution in [0.2, 0.25) is 0 Å². The number of carbonyl (C=O) groups excluding carboxylic acids is 5. The molecule has 778 valence electrons. The second-order valence-corrected chi connectivity index (χ2v) is 40.5. The number of ether oxygens (including phenoxy) is 7. The molecule has 4 amide bonds. The standard InChI is InChI=1S/C30H37N9O3.C25H29N7O3.C25H32N6O4.C23H33FN8O3/c1-4-30(9-10-30)17-42-29-36-26(27(40)34-19(2)21-5-6-21)35-28(37-29)39-11-7-20(8-12-39)16-41-24-13-22(14-32-25(24)31)23-15-38(3)18-33-23;1-2-25(8-9-25)15-35-24-29-19(23(34)32-10-3-11-32)14-20(30-24)31-12-6-16(7-13-31)18-5-4-17(26)21(28-18)22(27)33;1-16(14-32)12-21(33)23-28-24(30-25(29-23)35-15-18-4-3-11-34-18)31-9-6-17(7-10-31)22-19-5-2-8-26-20(19)13-27-22;1-4-14(2)28-20(33)19-29-21(31-22(30-19)35-12-16-9-23(16,3)24)32-7-5-15(6-8-32)11-34-17-10-26-13-27-18(17)25/h1,13-15,18-21H,5-12,16-17H2,2-3H3,(H2,31,32)(H,34,40);1,4-5,14,16H,3,6-13,15,26H2,(H2,27,33);2,5,8,16-18,32H,3-4,6-7,9-15H2,1H3;10,13-16H,4-9,11-12H2,1-3H3,(H,28,33)(H2,25,26,27)/t19-;;16-,18+;14-,16?,23?/m1.01/s1. The molecule has 4 saturated carbocycles. The number of piperidine rings is 4. The number of nitrogens with two attached hydrogens (primary N) is 4. The number of pyridine rings is 3. The van der Waals surface area contributed by atoms with Crippen molar-refractivity contribution in [3.05, 3.63) is 120 Å². The van der Waals surface area contributed by atoms with Gasteiger partial charge in [-0.15, -0.1) is 12.8 Å². The number of likely N-dealkylation sites (tertiary alicyclic amines) is 1. The number of hydrogen-bond donors (Lipinski definition) is 7. The summed E-state index contributed by atoms with van der Waals surface area (Å²) in [5.74, 6) is 9.01. The number of aliphatic imine (C=N–C) groups is 1. The van der Waals surface area contributed by atoms with Crippen LogP contribution >= 0.6 is 0 Å². The first kappa shape index (κ1) is 104. The highest BCUT2D eigenvalue weighted by Gasteiger charge is 2.52. The molecule has 20 rings (SSSR count). The molecule has 11 N–H and O–H groups in total. The van der Waals surface area contributed by atoms with Crippen LogP contribution in [0.25, 0.3) is 11.3 Å². The van der Waals surface area contributed by atoms with Crippen LogP contribution in [0.1, 0.15) is 239 Å². The highest BCUT2D eigenvalue weighted by atomic mass is 19.1. The molecule has 6 saturated heterocycles. The lowest BCUT2D eigenvalue weighted by atomic mass is 9.88. The molecule has 7 aliphatic heterocycles. The van der Waals surface area contributed by atoms with Crippen LogP contribution in [0.15, 0.2) is 78.8 Å². The maximum atomic E-state index is 13.9. The number of terminal acetylenes is 2. The third kappa shape index (κ3) is 27.2. The molecule has 147 heavy (non-hydrogen) atoms. The number of nitrogens with zero attached hydrogens (tertiary/aromatic N) is 24. The lowest BCUT2D eigenvalue weighted by Crippen LogP contribution is -2.42. The molecule has 16 heterocycles. The van der Waals surface area contributed by atoms with E-state index in [0.717, 1.165) is 177 Å². The van der Waals surface area contributed by atoms with Crippen LogP contribution in [0.4, 0.5) is 45.4 Å². The minimum absolute atomic E-state index is 0.00545. The summed E-state index contributed by atoms with van der Waals surface area (Å²) in [6, 6.07) is 11.8. The molecule has 0 bridgehead atoms. The van der Waals surface area contributed by atoms with E-state index >= 15 is 0 Å². The molecule has 43 nitrogen and oxygen atoms in total. The molecule has 2 unspecified atom stereocenters. The average Bonchev–Trinajstić information content (AvgIpc) is 1.63. The van der Waals surface area contributed by atoms with E-state index in [-0.39, 0.29) is 143 Å². The Hall–Kier alpha value is -14.6. The smallest absolute Gasteiger partial charge is 0.322 e. The van der Waals surface area contributed by atoms with Gasteiger partial charge in [0.2, 0.25) is 41.1 Å². The topological polar surface area (TPSA) is 551 Å². The summed E-state index contributed by atoms with van der Waals surface area (Å²) < 4.78 is 56.7. The van der Waals surface area contributed by atoms with Crippen molar-refractivity contribution in [3.63, 3.8) is 0 Å². The zero-order chi connectivity index (χ0) is 103. The van der Waals surface area contributed by atoms with Gasteiger partial charge >= 0.3 is 24.0 Å². The first-order valence-corrected chi connectivity index (χ1v) is 51.1. The van der Waals surface area contributed by atoms with Gasteiger partial charge in [-0.1, -0.05) is 25.7 Å². The Labute approximate surface area is 853 Å². The molecule has 0 aromatic carbocycles. The largest absolute Gasteiger partial charge is 0.489 e. The number of fused-ring (bicyclic) bond motifs is 1. The molecule has 10 fully saturated rings. The van der Waals surface area contributed by atoms with Gasteiger partial charge in [0.1, 0.15) is 43.3 Å². The summed E-state index contributed by atoms with van der Waals surface area (Å²) in [7, 11) is 1.92. The maximum Gasteiger partial charge on any atom is 0.322 e. The first-order chi connectivity index (χ1) is 71.0. The number of aliphatic hydroxyl groups excluding tert-OH is 1. The second-order valence-electron chi connectivity index (χ2n) is 40.5. The number of alkyl halides is 1. The quantitative estimate of drug-likeness (QED) is 0.0141. The van der Waals surface area contributed by atoms with Crippen LogP contribution in [-0.2, 0) is 18.3 Å². The Balaban J connectivity index is 0.000000134. The number of hydrogen-bond acceptors (Lipinski definition) is 38. The summed E-state index contributed by atoms with van der Waals surface area (Å²) in [6.07, 6.45) is 38.6. The van der Waals surface area contributed by atoms with Crippen molar-refractivity contribution in [1.29, 1.82) is 0 Å². The molecule has 44 heteroatoms. The molecule has 0 spiro atoms. The Morgan fingerprint density at radius 2 is 1.19 bits per heavy atom. The van der Waals surface area contributed by atoms with E-state index in [0.29, 0.717) is 161 Å². The van der Waals surface area contributed by atoms with Gasteiger partial charge in [-0.3, -0.25) is 33.9 Å². The summed E-state index contributed by atoms with van der Waals surface area (Å²) in [5, 5.41) is 15.3. The molecule has 11 aliphatic rings. The number of anilines is 7. The van der Waals surface area contributed by atoms with Crippen LogP contribution in [-0.4, -0.2) is 277 Å². The lowest BCUT2D eigenvalue weighted by Gasteiger charge is -2.33. The Morgan fingerprint density at radius 1 is 0.612 bits per heavy atom. The number of imidazole rings is 1. The molecule has 9 aromatic rings. The molecular formula is C103H131FN30O13. The number of primary amides is 1. The Morgan fingerprint density at radius 3 is 1.75 bits per heavy atom. The number of amides is 4. The van der Waals surface area contributed by atoms with E-state index in [1.54, 1.807) is 42.7 Å². The Kier molecular flexibility index (Phi) is 33.1. The van der Waals surface area contributed by atoms with Gasteiger partial charge in [0, 0.05) is 169 Å². The van der Waals surface area contributed by atoms with Gasteiger partial charge in [0.05, 0.1) is 72.9 Å². The highest BCUT2D eigenvalue weighted by molar-refractivity contribution is 6.05. The average molecular weight is 2020 g/mol. The first-order valence-electron chi connectivity index (χ1n) is 51.1. The van der Waals surface area contributed by atoms with Gasteiger partial charge in [0.15, 0.2) is 28.8 Å². The predicted molar refractivity (Wildman–Crippen MR) is 543 cm³/mol. The third-order valence-electron chi connectivity index (χ3n) is 29.0. The van der Waals surface area contributed by atoms with Gasteiger partial charge in [-0.2, -0.15) is 54.8 Å². The number of nitrogen functional groups attached to an aromatic ring is 3. The van der Waals surface area contributed by atoms with Gasteiger partial charge in [-0.05, 0) is 197 Å². The molecule has 4 aliphatic carbocycles. The normalized spacial score (nSPS) is 20.3. The SMILES string of the molecule is C#CC1(COc2nc(C(=O)N3CCC3)cc(N3CCC(c4ccc(N)c(C(N)=O)n4)CC3)n2)CC1.C#CC1(COc2nc(C(=O)N[C@H](C)C3CC3)nc(N3CCC(COc4cc(-c5cn(C)cn5)cnc4N)CC3)n2)CC1.CC[C@@H](C)NC(=O)c1nc(OCC2CC2(C)F)nc(N2CCC(COc3cncnc3N)CC2)n1.C[C@H](CO)CC(=O)c1nc(OC[C@H]2CCCO2)nc(N2CCC(C3=NCc4ncccc43)CC2)n1. The van der Waals surface area contributed by atoms with Gasteiger partial charge in [-0.25, -0.2) is 29.3 Å². The molecule has 9 aromatic heterocycles. The van der Waals surface area contributed by atoms with E-state index < -0.39 is 11.6 Å². The minimum Gasteiger partial charge on any atom is -0.489 e. The molecule has 0 radical (unpaired) electrons. The minimum atomic E-state index is -1.22. The van der Waals surface area contributed by atoms with Crippen molar-refractivity contribution >= 4 is 76.1 Å². The Bertz CT molecular complexity index is 6270. The van der Waals surface area contributed by atoms with Crippen molar-refractivity contribution in [3.8, 4) is 71.5 Å². The number of Topliss-reactive ketones (excluding diaryl/α,β-unsaturated/α-hetero) is 1. The van der Waals surface area contributed by atoms with E-state index in [9.17, 15) is 33.5 Å². The third-order valence-corrected chi connectivity index (χ3v) is 29.0. The van der Waals surface area contributed by atoms with E-state index in [1.807, 2.05) is 74.8 Å². The van der Waals surface area contributed by atoms with Crippen LogP contribution < -0.4 is 81.6 Å². The van der Waals surface area contributed by atoms with Crippen molar-refractivity contribution in [2.75, 3.05) is 155 Å². The van der Waals surface area contributed by atoms with Crippen molar-refractivity contribution in [2.24, 2.45) is 64.1 Å². The summed E-state index contributed by atoms with van der Waals surface area (Å²) in [6.45, 7) is 19.9. The summed E-state index contributed by atoms with van der Waals surface area (Å²) in [4.78, 5) is 152. The number of aryl methyl sites for hydroxylation is 1.